The van der Waals surface area contributed by atoms with E-state index >= 15 is 0 Å². The van der Waals surface area contributed by atoms with Crippen LogP contribution in [0.2, 0.25) is 0 Å². The van der Waals surface area contributed by atoms with E-state index in [0.717, 1.165) is 0 Å². The molecule has 3 aromatic rings. The third kappa shape index (κ3) is 4.13. The quantitative estimate of drug-likeness (QED) is 0.709. The topological polar surface area (TPSA) is 67.9 Å². The number of aromatic nitrogens is 3. The zero-order valence-corrected chi connectivity index (χ0v) is 15.2. The third-order valence-corrected chi connectivity index (χ3v) is 5.90. The summed E-state index contributed by atoms with van der Waals surface area (Å²) in [6, 6.07) is 8.48. The molecule has 0 bridgehead atoms. The summed E-state index contributed by atoms with van der Waals surface area (Å²) in [7, 11) is -3.03. The van der Waals surface area contributed by atoms with Crippen LogP contribution in [0.4, 0.5) is 13.2 Å². The number of alkyl halides is 3. The lowest BCUT2D eigenvalue weighted by Crippen LogP contribution is -2.20. The second kappa shape index (κ2) is 6.84. The second-order valence-electron chi connectivity index (χ2n) is 5.60. The lowest BCUT2D eigenvalue weighted by molar-refractivity contribution is -0.153. The minimum absolute atomic E-state index is 0.0298. The number of rotatable bonds is 5. The van der Waals surface area contributed by atoms with Gasteiger partial charge in [0.15, 0.2) is 11.8 Å². The second-order valence-corrected chi connectivity index (χ2v) is 9.12. The lowest BCUT2D eigenvalue weighted by atomic mass is 10.2. The molecular formula is C16H14F3N3O2S2. The summed E-state index contributed by atoms with van der Waals surface area (Å²) in [5.74, 6) is -0.112. The molecular weight excluding hydrogens is 387 g/mol. The highest BCUT2D eigenvalue weighted by atomic mass is 32.8. The van der Waals surface area contributed by atoms with Gasteiger partial charge in [-0.1, -0.05) is 12.1 Å². The van der Waals surface area contributed by atoms with Crippen molar-refractivity contribution in [3.63, 3.8) is 0 Å². The van der Waals surface area contributed by atoms with Crippen molar-refractivity contribution in [2.24, 2.45) is 0 Å². The molecule has 0 aliphatic heterocycles. The fourth-order valence-electron chi connectivity index (χ4n) is 2.35. The number of imidazole rings is 1. The van der Waals surface area contributed by atoms with Crippen LogP contribution in [-0.4, -0.2) is 31.9 Å². The summed E-state index contributed by atoms with van der Waals surface area (Å²) in [4.78, 5) is 11.3. The van der Waals surface area contributed by atoms with Crippen molar-refractivity contribution in [2.45, 2.75) is 24.0 Å². The Labute approximate surface area is 152 Å². The smallest absolute Gasteiger partial charge is 0.422 e. The molecule has 26 heavy (non-hydrogen) atoms. The molecule has 1 N–H and O–H groups in total. The Morgan fingerprint density at radius 2 is 2.00 bits per heavy atom. The predicted molar refractivity (Wildman–Crippen MR) is 94.1 cm³/mol. The number of aromatic amines is 1. The van der Waals surface area contributed by atoms with Gasteiger partial charge >= 0.3 is 6.18 Å². The normalized spacial score (nSPS) is 14.3. The van der Waals surface area contributed by atoms with Crippen molar-refractivity contribution in [3.8, 4) is 5.75 Å². The van der Waals surface area contributed by atoms with E-state index in [9.17, 15) is 17.4 Å². The van der Waals surface area contributed by atoms with Crippen LogP contribution >= 0.6 is 0 Å². The summed E-state index contributed by atoms with van der Waals surface area (Å²) in [5.41, 5.74) is 2.01. The number of ether oxygens (including phenoxy) is 1. The van der Waals surface area contributed by atoms with Gasteiger partial charge in [-0.25, -0.2) is 9.19 Å². The average Bonchev–Trinajstić information content (AvgIpc) is 3.00. The molecule has 0 aliphatic rings. The Morgan fingerprint density at radius 1 is 1.27 bits per heavy atom. The molecule has 138 valence electrons. The van der Waals surface area contributed by atoms with Gasteiger partial charge in [-0.3, -0.25) is 4.98 Å². The lowest BCUT2D eigenvalue weighted by Gasteiger charge is -2.13. The minimum Gasteiger partial charge on any atom is -0.484 e. The molecule has 0 amide bonds. The van der Waals surface area contributed by atoms with Crippen LogP contribution in [0.25, 0.3) is 11.0 Å². The van der Waals surface area contributed by atoms with Crippen LogP contribution in [0.5, 0.6) is 5.75 Å². The maximum atomic E-state index is 13.0. The van der Waals surface area contributed by atoms with Crippen LogP contribution in [0, 0.1) is 6.92 Å². The molecule has 0 aliphatic carbocycles. The molecule has 0 spiro atoms. The maximum Gasteiger partial charge on any atom is 0.422 e. The molecule has 3 rings (SSSR count). The Hall–Kier alpha value is -2.20. The summed E-state index contributed by atoms with van der Waals surface area (Å²) in [6.07, 6.45) is -3.15. The molecule has 0 saturated carbocycles. The number of H-pyrrole nitrogens is 1. The van der Waals surface area contributed by atoms with Gasteiger partial charge in [0, 0.05) is 11.8 Å². The number of hydrogen-bond acceptors (Lipinski definition) is 5. The molecule has 0 radical (unpaired) electrons. The molecule has 2 heterocycles. The highest BCUT2D eigenvalue weighted by Gasteiger charge is 2.29. The van der Waals surface area contributed by atoms with Gasteiger partial charge in [-0.2, -0.15) is 13.2 Å². The van der Waals surface area contributed by atoms with Gasteiger partial charge in [0.25, 0.3) is 0 Å². The van der Waals surface area contributed by atoms with Crippen molar-refractivity contribution in [1.82, 2.24) is 15.0 Å². The van der Waals surface area contributed by atoms with E-state index in [2.05, 4.69) is 15.0 Å². The summed E-state index contributed by atoms with van der Waals surface area (Å²) in [6.45, 7) is 0.141. The van der Waals surface area contributed by atoms with E-state index in [1.54, 1.807) is 25.1 Å². The van der Waals surface area contributed by atoms with Crippen molar-refractivity contribution in [2.75, 3.05) is 6.61 Å². The number of fused-ring (bicyclic) bond motifs is 1. The minimum atomic E-state index is -4.45. The Balaban J connectivity index is 1.87. The van der Waals surface area contributed by atoms with Crippen LogP contribution in [0.1, 0.15) is 11.3 Å². The zero-order chi connectivity index (χ0) is 18.9. The average molecular weight is 401 g/mol. The molecule has 5 nitrogen and oxygen atoms in total. The van der Waals surface area contributed by atoms with Crippen LogP contribution in [0.15, 0.2) is 41.7 Å². The van der Waals surface area contributed by atoms with Gasteiger partial charge in [0.1, 0.15) is 5.75 Å². The van der Waals surface area contributed by atoms with E-state index in [1.807, 2.05) is 6.07 Å². The van der Waals surface area contributed by atoms with Crippen molar-refractivity contribution >= 4 is 30.7 Å². The number of nitrogens with one attached hydrogen (secondary N) is 1. The maximum absolute atomic E-state index is 13.0. The van der Waals surface area contributed by atoms with Crippen LogP contribution < -0.4 is 4.74 Å². The highest BCUT2D eigenvalue weighted by Crippen LogP contribution is 2.26. The molecule has 1 unspecified atom stereocenters. The third-order valence-electron chi connectivity index (χ3n) is 3.64. The summed E-state index contributed by atoms with van der Waals surface area (Å²) >= 11 is 5.23. The van der Waals surface area contributed by atoms with Gasteiger partial charge in [-0.05, 0) is 36.3 Å². The Morgan fingerprint density at radius 3 is 2.69 bits per heavy atom. The number of para-hydroxylation sites is 2. The number of pyridine rings is 1. The first-order valence-corrected chi connectivity index (χ1v) is 10.1. The molecule has 10 heteroatoms. The summed E-state index contributed by atoms with van der Waals surface area (Å²) < 4.78 is 54.8. The highest BCUT2D eigenvalue weighted by molar-refractivity contribution is 8.32. The fraction of sp³-hybridized carbons (Fsp3) is 0.250. The van der Waals surface area contributed by atoms with Gasteiger partial charge < -0.3 is 9.72 Å². The van der Waals surface area contributed by atoms with E-state index in [4.69, 9.17) is 15.9 Å². The monoisotopic (exact) mass is 401 g/mol. The number of hydrogen-bond donors (Lipinski definition) is 1. The standard InChI is InChI=1S/C16H14F3N3O2S2/c1-10-13(20-7-6-14(10)24-9-16(17,18)19)8-26(23,25)15-21-11-4-2-3-5-12(11)22-15/h2-7H,8-9H2,1H3,(H,21,22). The van der Waals surface area contributed by atoms with E-state index in [0.29, 0.717) is 22.3 Å². The van der Waals surface area contributed by atoms with Crippen molar-refractivity contribution in [1.29, 1.82) is 0 Å². The zero-order valence-electron chi connectivity index (χ0n) is 13.5. The van der Waals surface area contributed by atoms with Gasteiger partial charge in [0.2, 0.25) is 0 Å². The van der Waals surface area contributed by atoms with Gasteiger partial charge in [0.05, 0.1) is 31.0 Å². The van der Waals surface area contributed by atoms with Crippen molar-refractivity contribution < 1.29 is 22.1 Å². The Kier molecular flexibility index (Phi) is 4.89. The number of halogens is 3. The molecule has 2 aromatic heterocycles. The van der Waals surface area contributed by atoms with Gasteiger partial charge in [-0.15, -0.1) is 0 Å². The first-order chi connectivity index (χ1) is 12.2. The number of benzene rings is 1. The number of nitrogens with zero attached hydrogens (tertiary/aromatic N) is 2. The predicted octanol–water partition coefficient (Wildman–Crippen LogP) is 3.51. The van der Waals surface area contributed by atoms with Crippen LogP contribution in [-0.2, 0) is 25.4 Å². The largest absolute Gasteiger partial charge is 0.484 e. The molecule has 0 fully saturated rings. The van der Waals surface area contributed by atoms with E-state index in [-0.39, 0.29) is 16.7 Å². The first kappa shape index (κ1) is 18.6. The molecule has 1 atom stereocenters. The Bertz CT molecular complexity index is 1010. The molecule has 1 aromatic carbocycles. The SMILES string of the molecule is Cc1c(OCC(F)(F)F)ccnc1CS(=O)(=S)c1nc2ccccc2[nH]1. The van der Waals surface area contributed by atoms with E-state index < -0.39 is 21.3 Å². The molecule has 0 saturated heterocycles. The summed E-state index contributed by atoms with van der Waals surface area (Å²) in [5, 5.41) is 0.150. The fourth-order valence-corrected chi connectivity index (χ4v) is 4.21. The van der Waals surface area contributed by atoms with Crippen LogP contribution in [0.3, 0.4) is 0 Å². The van der Waals surface area contributed by atoms with E-state index in [1.165, 1.54) is 12.3 Å². The first-order valence-electron chi connectivity index (χ1n) is 7.47. The van der Waals surface area contributed by atoms with Crippen molar-refractivity contribution in [3.05, 3.63) is 47.8 Å².